The van der Waals surface area contributed by atoms with Gasteiger partial charge in [-0.2, -0.15) is 11.8 Å². The highest BCUT2D eigenvalue weighted by atomic mass is 32.2. The highest BCUT2D eigenvalue weighted by Crippen LogP contribution is 2.30. The molecule has 1 aromatic rings. The second-order valence-corrected chi connectivity index (χ2v) is 6.28. The number of hydrogen-bond acceptors (Lipinski definition) is 3. The molecule has 2 saturated heterocycles. The fourth-order valence-corrected chi connectivity index (χ4v) is 3.95. The third-order valence-corrected chi connectivity index (χ3v) is 5.00. The number of thioether (sulfide) groups is 1. The van der Waals surface area contributed by atoms with E-state index in [0.717, 1.165) is 6.54 Å². The molecule has 2 aliphatic heterocycles. The molecule has 0 aliphatic carbocycles. The molecule has 1 amide bonds. The molecule has 1 N–H and O–H groups in total. The standard InChI is InChI=1S/C14H18N2OS/c17-13-9-15-14(11-5-2-1-3-6-11)16(13)10-12-7-4-8-18-12/h1-3,5-6,12,14-15H,4,7-10H2. The van der Waals surface area contributed by atoms with Gasteiger partial charge in [0.25, 0.3) is 0 Å². The molecular formula is C14H18N2OS. The van der Waals surface area contributed by atoms with Gasteiger partial charge >= 0.3 is 0 Å². The summed E-state index contributed by atoms with van der Waals surface area (Å²) in [5.74, 6) is 1.48. The maximum atomic E-state index is 12.0. The largest absolute Gasteiger partial charge is 0.321 e. The van der Waals surface area contributed by atoms with E-state index in [4.69, 9.17) is 0 Å². The van der Waals surface area contributed by atoms with E-state index < -0.39 is 0 Å². The average molecular weight is 262 g/mol. The van der Waals surface area contributed by atoms with Crippen molar-refractivity contribution in [1.29, 1.82) is 0 Å². The summed E-state index contributed by atoms with van der Waals surface area (Å²) in [7, 11) is 0. The van der Waals surface area contributed by atoms with Crippen LogP contribution in [0.2, 0.25) is 0 Å². The van der Waals surface area contributed by atoms with Crippen molar-refractivity contribution in [2.24, 2.45) is 0 Å². The van der Waals surface area contributed by atoms with Crippen molar-refractivity contribution in [3.8, 4) is 0 Å². The molecule has 0 aromatic heterocycles. The number of carbonyl (C=O) groups excluding carboxylic acids is 1. The van der Waals surface area contributed by atoms with Gasteiger partial charge < -0.3 is 4.90 Å². The van der Waals surface area contributed by atoms with Gasteiger partial charge in [0, 0.05) is 11.8 Å². The van der Waals surface area contributed by atoms with Crippen LogP contribution in [0.5, 0.6) is 0 Å². The molecule has 0 radical (unpaired) electrons. The quantitative estimate of drug-likeness (QED) is 0.904. The Morgan fingerprint density at radius 2 is 2.17 bits per heavy atom. The van der Waals surface area contributed by atoms with E-state index in [1.165, 1.54) is 24.2 Å². The van der Waals surface area contributed by atoms with E-state index in [1.807, 2.05) is 34.9 Å². The van der Waals surface area contributed by atoms with Crippen LogP contribution in [0.1, 0.15) is 24.6 Å². The Morgan fingerprint density at radius 1 is 1.33 bits per heavy atom. The van der Waals surface area contributed by atoms with Crippen molar-refractivity contribution >= 4 is 17.7 Å². The monoisotopic (exact) mass is 262 g/mol. The number of nitrogens with one attached hydrogen (secondary N) is 1. The van der Waals surface area contributed by atoms with Crippen LogP contribution in [-0.4, -0.2) is 34.9 Å². The van der Waals surface area contributed by atoms with E-state index in [9.17, 15) is 4.79 Å². The topological polar surface area (TPSA) is 32.3 Å². The molecule has 2 unspecified atom stereocenters. The second-order valence-electron chi connectivity index (χ2n) is 4.88. The van der Waals surface area contributed by atoms with E-state index in [0.29, 0.717) is 11.8 Å². The first-order valence-electron chi connectivity index (χ1n) is 6.54. The van der Waals surface area contributed by atoms with Crippen LogP contribution in [0.25, 0.3) is 0 Å². The molecule has 3 rings (SSSR count). The molecule has 3 nitrogen and oxygen atoms in total. The second kappa shape index (κ2) is 5.33. The molecule has 2 fully saturated rings. The van der Waals surface area contributed by atoms with Gasteiger partial charge in [0.2, 0.25) is 5.91 Å². The van der Waals surface area contributed by atoms with Crippen molar-refractivity contribution in [1.82, 2.24) is 10.2 Å². The van der Waals surface area contributed by atoms with Crippen molar-refractivity contribution in [3.05, 3.63) is 35.9 Å². The fourth-order valence-electron chi connectivity index (χ4n) is 2.69. The highest BCUT2D eigenvalue weighted by molar-refractivity contribution is 8.00. The SMILES string of the molecule is O=C1CNC(c2ccccc2)N1CC1CCCS1. The smallest absolute Gasteiger partial charge is 0.238 e. The zero-order chi connectivity index (χ0) is 12.4. The summed E-state index contributed by atoms with van der Waals surface area (Å²) in [6.07, 6.45) is 2.61. The lowest BCUT2D eigenvalue weighted by Gasteiger charge is -2.27. The molecule has 4 heteroatoms. The fraction of sp³-hybridized carbons (Fsp3) is 0.500. The number of benzene rings is 1. The Balaban J connectivity index is 1.74. The lowest BCUT2D eigenvalue weighted by atomic mass is 10.1. The first-order chi connectivity index (χ1) is 8.84. The van der Waals surface area contributed by atoms with E-state index in [2.05, 4.69) is 17.4 Å². The molecule has 0 saturated carbocycles. The van der Waals surface area contributed by atoms with Crippen LogP contribution in [0, 0.1) is 0 Å². The number of nitrogens with zero attached hydrogens (tertiary/aromatic N) is 1. The van der Waals surface area contributed by atoms with Crippen molar-refractivity contribution < 1.29 is 4.79 Å². The Hall–Kier alpha value is -1.000. The van der Waals surface area contributed by atoms with Crippen LogP contribution in [-0.2, 0) is 4.79 Å². The molecule has 96 valence electrons. The molecule has 2 atom stereocenters. The van der Waals surface area contributed by atoms with Crippen LogP contribution in [0.3, 0.4) is 0 Å². The summed E-state index contributed by atoms with van der Waals surface area (Å²) in [6.45, 7) is 1.35. The molecule has 1 aromatic carbocycles. The minimum Gasteiger partial charge on any atom is -0.321 e. The number of carbonyl (C=O) groups is 1. The van der Waals surface area contributed by atoms with Crippen LogP contribution >= 0.6 is 11.8 Å². The third-order valence-electron chi connectivity index (χ3n) is 3.62. The van der Waals surface area contributed by atoms with Gasteiger partial charge in [-0.3, -0.25) is 10.1 Å². The maximum absolute atomic E-state index is 12.0. The van der Waals surface area contributed by atoms with Gasteiger partial charge in [-0.25, -0.2) is 0 Å². The Morgan fingerprint density at radius 3 is 2.89 bits per heavy atom. The first kappa shape index (κ1) is 12.1. The number of rotatable bonds is 3. The zero-order valence-electron chi connectivity index (χ0n) is 10.3. The lowest BCUT2D eigenvalue weighted by Crippen LogP contribution is -2.35. The summed E-state index contributed by atoms with van der Waals surface area (Å²) >= 11 is 2.01. The average Bonchev–Trinajstić information content (AvgIpc) is 3.03. The van der Waals surface area contributed by atoms with Crippen LogP contribution < -0.4 is 5.32 Å². The van der Waals surface area contributed by atoms with Gasteiger partial charge in [-0.05, 0) is 24.2 Å². The first-order valence-corrected chi connectivity index (χ1v) is 7.59. The van der Waals surface area contributed by atoms with Gasteiger partial charge in [0.05, 0.1) is 6.54 Å². The maximum Gasteiger partial charge on any atom is 0.238 e. The molecule has 0 bridgehead atoms. The Labute approximate surface area is 112 Å². The summed E-state index contributed by atoms with van der Waals surface area (Å²) in [6, 6.07) is 10.2. The van der Waals surface area contributed by atoms with Crippen molar-refractivity contribution in [2.75, 3.05) is 18.8 Å². The summed E-state index contributed by atoms with van der Waals surface area (Å²) < 4.78 is 0. The zero-order valence-corrected chi connectivity index (χ0v) is 11.2. The van der Waals surface area contributed by atoms with E-state index in [1.54, 1.807) is 0 Å². The Bertz CT molecular complexity index is 417. The van der Waals surface area contributed by atoms with Crippen molar-refractivity contribution in [2.45, 2.75) is 24.3 Å². The van der Waals surface area contributed by atoms with Crippen LogP contribution in [0.15, 0.2) is 30.3 Å². The third kappa shape index (κ3) is 2.40. The van der Waals surface area contributed by atoms with Crippen molar-refractivity contribution in [3.63, 3.8) is 0 Å². The Kier molecular flexibility index (Phi) is 3.57. The molecule has 18 heavy (non-hydrogen) atoms. The van der Waals surface area contributed by atoms with E-state index >= 15 is 0 Å². The molecule has 2 aliphatic rings. The van der Waals surface area contributed by atoms with Gasteiger partial charge in [-0.1, -0.05) is 30.3 Å². The lowest BCUT2D eigenvalue weighted by molar-refractivity contribution is -0.128. The summed E-state index contributed by atoms with van der Waals surface area (Å²) in [5.41, 5.74) is 1.19. The summed E-state index contributed by atoms with van der Waals surface area (Å²) in [5, 5.41) is 3.94. The van der Waals surface area contributed by atoms with E-state index in [-0.39, 0.29) is 12.1 Å². The minimum absolute atomic E-state index is 0.0694. The predicted octanol–water partition coefficient (Wildman–Crippen LogP) is 2.01. The minimum atomic E-state index is 0.0694. The van der Waals surface area contributed by atoms with Gasteiger partial charge in [-0.15, -0.1) is 0 Å². The van der Waals surface area contributed by atoms with Gasteiger partial charge in [0.15, 0.2) is 0 Å². The predicted molar refractivity (Wildman–Crippen MR) is 74.4 cm³/mol. The number of hydrogen-bond donors (Lipinski definition) is 1. The highest BCUT2D eigenvalue weighted by Gasteiger charge is 2.33. The number of amides is 1. The summed E-state index contributed by atoms with van der Waals surface area (Å²) in [4.78, 5) is 14.0. The molecular weight excluding hydrogens is 244 g/mol. The molecule has 0 spiro atoms. The molecule has 2 heterocycles. The van der Waals surface area contributed by atoms with Gasteiger partial charge in [0.1, 0.15) is 6.17 Å². The normalized spacial score (nSPS) is 28.0. The van der Waals surface area contributed by atoms with Crippen LogP contribution in [0.4, 0.5) is 0 Å².